The predicted molar refractivity (Wildman–Crippen MR) is 75.2 cm³/mol. The summed E-state index contributed by atoms with van der Waals surface area (Å²) in [6, 6.07) is 8.62. The van der Waals surface area contributed by atoms with Crippen LogP contribution in [0.15, 0.2) is 41.0 Å². The standard InChI is InChI=1S/C13H12BrN3O/c14-10-7-9(1-2-11(10)15)12(18)5-8-3-4-17-13(16)6-8/h1-4,6-7H,5,15H2,(H2,16,17). The lowest BCUT2D eigenvalue weighted by atomic mass is 10.0. The number of Topliss-reactive ketones (excluding diaryl/α,β-unsaturated/α-hetero) is 1. The summed E-state index contributed by atoms with van der Waals surface area (Å²) in [4.78, 5) is 16.0. The fourth-order valence-corrected chi connectivity index (χ4v) is 1.97. The summed E-state index contributed by atoms with van der Waals surface area (Å²) >= 11 is 3.30. The Kier molecular flexibility index (Phi) is 3.62. The number of hydrogen-bond acceptors (Lipinski definition) is 4. The molecule has 0 radical (unpaired) electrons. The molecule has 92 valence electrons. The van der Waals surface area contributed by atoms with E-state index in [0.29, 0.717) is 23.5 Å². The van der Waals surface area contributed by atoms with Gasteiger partial charge in [-0.3, -0.25) is 4.79 Å². The van der Waals surface area contributed by atoms with Crippen LogP contribution in [-0.2, 0) is 6.42 Å². The van der Waals surface area contributed by atoms with Crippen molar-refractivity contribution in [2.45, 2.75) is 6.42 Å². The second kappa shape index (κ2) is 5.18. The van der Waals surface area contributed by atoms with Crippen LogP contribution in [-0.4, -0.2) is 10.8 Å². The molecule has 0 spiro atoms. The van der Waals surface area contributed by atoms with Gasteiger partial charge in [0, 0.05) is 28.3 Å². The Balaban J connectivity index is 2.19. The van der Waals surface area contributed by atoms with E-state index in [1.165, 1.54) is 0 Å². The zero-order chi connectivity index (χ0) is 13.1. The third-order valence-corrected chi connectivity index (χ3v) is 3.22. The number of carbonyl (C=O) groups is 1. The number of pyridine rings is 1. The average Bonchev–Trinajstić information content (AvgIpc) is 2.32. The molecule has 0 amide bonds. The number of ketones is 1. The molecule has 4 nitrogen and oxygen atoms in total. The Morgan fingerprint density at radius 1 is 1.22 bits per heavy atom. The van der Waals surface area contributed by atoms with Crippen molar-refractivity contribution in [2.75, 3.05) is 11.5 Å². The molecular formula is C13H12BrN3O. The van der Waals surface area contributed by atoms with E-state index >= 15 is 0 Å². The summed E-state index contributed by atoms with van der Waals surface area (Å²) in [5.41, 5.74) is 13.3. The first-order chi connectivity index (χ1) is 8.56. The molecule has 0 saturated heterocycles. The van der Waals surface area contributed by atoms with E-state index in [2.05, 4.69) is 20.9 Å². The number of anilines is 2. The SMILES string of the molecule is Nc1cc(CC(=O)c2ccc(N)c(Br)c2)ccn1. The molecule has 0 aliphatic carbocycles. The van der Waals surface area contributed by atoms with E-state index in [4.69, 9.17) is 11.5 Å². The number of carbonyl (C=O) groups excluding carboxylic acids is 1. The van der Waals surface area contributed by atoms with E-state index < -0.39 is 0 Å². The van der Waals surface area contributed by atoms with Crippen molar-refractivity contribution < 1.29 is 4.79 Å². The van der Waals surface area contributed by atoms with E-state index in [-0.39, 0.29) is 5.78 Å². The van der Waals surface area contributed by atoms with E-state index in [0.717, 1.165) is 10.0 Å². The van der Waals surface area contributed by atoms with E-state index in [9.17, 15) is 4.79 Å². The van der Waals surface area contributed by atoms with Crippen molar-refractivity contribution in [1.29, 1.82) is 0 Å². The van der Waals surface area contributed by atoms with Crippen molar-refractivity contribution in [2.24, 2.45) is 0 Å². The Hall–Kier alpha value is -1.88. The molecule has 0 saturated carbocycles. The van der Waals surface area contributed by atoms with Crippen molar-refractivity contribution in [1.82, 2.24) is 4.98 Å². The molecule has 18 heavy (non-hydrogen) atoms. The summed E-state index contributed by atoms with van der Waals surface area (Å²) in [6.45, 7) is 0. The Bertz CT molecular complexity index is 599. The fourth-order valence-electron chi connectivity index (χ4n) is 1.59. The van der Waals surface area contributed by atoms with Gasteiger partial charge in [-0.25, -0.2) is 4.98 Å². The number of nitrogen functional groups attached to an aromatic ring is 2. The highest BCUT2D eigenvalue weighted by molar-refractivity contribution is 9.10. The van der Waals surface area contributed by atoms with Crippen molar-refractivity contribution in [3.63, 3.8) is 0 Å². The first-order valence-corrected chi connectivity index (χ1v) is 6.14. The van der Waals surface area contributed by atoms with Gasteiger partial charge in [0.2, 0.25) is 0 Å². The molecule has 0 unspecified atom stereocenters. The molecular weight excluding hydrogens is 294 g/mol. The Morgan fingerprint density at radius 2 is 2.00 bits per heavy atom. The lowest BCUT2D eigenvalue weighted by molar-refractivity contribution is 0.0993. The summed E-state index contributed by atoms with van der Waals surface area (Å²) in [7, 11) is 0. The number of halogens is 1. The molecule has 1 aromatic carbocycles. The first kappa shape index (κ1) is 12.6. The Morgan fingerprint density at radius 3 is 2.67 bits per heavy atom. The largest absolute Gasteiger partial charge is 0.398 e. The quantitative estimate of drug-likeness (QED) is 0.674. The number of nitrogens with two attached hydrogens (primary N) is 2. The smallest absolute Gasteiger partial charge is 0.167 e. The lowest BCUT2D eigenvalue weighted by Gasteiger charge is -2.04. The number of benzene rings is 1. The predicted octanol–water partition coefficient (Wildman–Crippen LogP) is 2.43. The molecule has 2 rings (SSSR count). The first-order valence-electron chi connectivity index (χ1n) is 5.35. The summed E-state index contributed by atoms with van der Waals surface area (Å²) < 4.78 is 0.725. The monoisotopic (exact) mass is 305 g/mol. The average molecular weight is 306 g/mol. The van der Waals surface area contributed by atoms with Crippen LogP contribution < -0.4 is 11.5 Å². The van der Waals surface area contributed by atoms with Gasteiger partial charge in [0.25, 0.3) is 0 Å². The van der Waals surface area contributed by atoms with Gasteiger partial charge >= 0.3 is 0 Å². The van der Waals surface area contributed by atoms with Crippen LogP contribution in [0, 0.1) is 0 Å². The highest BCUT2D eigenvalue weighted by Crippen LogP contribution is 2.21. The van der Waals surface area contributed by atoms with Crippen LogP contribution in [0.1, 0.15) is 15.9 Å². The molecule has 0 aliphatic heterocycles. The molecule has 5 heteroatoms. The van der Waals surface area contributed by atoms with E-state index in [1.54, 1.807) is 36.5 Å². The minimum absolute atomic E-state index is 0.0151. The summed E-state index contributed by atoms with van der Waals surface area (Å²) in [6.07, 6.45) is 1.89. The molecule has 4 N–H and O–H groups in total. The van der Waals surface area contributed by atoms with Gasteiger partial charge in [0.05, 0.1) is 0 Å². The van der Waals surface area contributed by atoms with Gasteiger partial charge in [0.1, 0.15) is 5.82 Å². The van der Waals surface area contributed by atoms with Crippen LogP contribution in [0.3, 0.4) is 0 Å². The maximum Gasteiger partial charge on any atom is 0.167 e. The summed E-state index contributed by atoms with van der Waals surface area (Å²) in [5, 5.41) is 0. The Labute approximate surface area is 113 Å². The zero-order valence-electron chi connectivity index (χ0n) is 9.56. The maximum absolute atomic E-state index is 12.1. The number of rotatable bonds is 3. The second-order valence-electron chi connectivity index (χ2n) is 3.93. The molecule has 0 aliphatic rings. The van der Waals surface area contributed by atoms with Gasteiger partial charge in [0.15, 0.2) is 5.78 Å². The third kappa shape index (κ3) is 2.87. The van der Waals surface area contributed by atoms with Gasteiger partial charge in [-0.05, 0) is 51.8 Å². The highest BCUT2D eigenvalue weighted by atomic mass is 79.9. The van der Waals surface area contributed by atoms with Gasteiger partial charge in [-0.15, -0.1) is 0 Å². The molecule has 0 atom stereocenters. The van der Waals surface area contributed by atoms with Crippen LogP contribution in [0.2, 0.25) is 0 Å². The topological polar surface area (TPSA) is 82.0 Å². The normalized spacial score (nSPS) is 10.3. The van der Waals surface area contributed by atoms with Gasteiger partial charge in [-0.2, -0.15) is 0 Å². The highest BCUT2D eigenvalue weighted by Gasteiger charge is 2.09. The van der Waals surface area contributed by atoms with Crippen LogP contribution in [0.25, 0.3) is 0 Å². The fraction of sp³-hybridized carbons (Fsp3) is 0.0769. The number of aromatic nitrogens is 1. The molecule has 2 aromatic rings. The van der Waals surface area contributed by atoms with E-state index in [1.807, 2.05) is 0 Å². The van der Waals surface area contributed by atoms with Crippen LogP contribution in [0.5, 0.6) is 0 Å². The maximum atomic E-state index is 12.1. The zero-order valence-corrected chi connectivity index (χ0v) is 11.1. The van der Waals surface area contributed by atoms with Gasteiger partial charge < -0.3 is 11.5 Å². The summed E-state index contributed by atoms with van der Waals surface area (Å²) in [5.74, 6) is 0.431. The minimum Gasteiger partial charge on any atom is -0.398 e. The molecule has 1 heterocycles. The molecule has 1 aromatic heterocycles. The second-order valence-corrected chi connectivity index (χ2v) is 4.78. The lowest BCUT2D eigenvalue weighted by Crippen LogP contribution is -2.05. The third-order valence-electron chi connectivity index (χ3n) is 2.53. The number of hydrogen-bond donors (Lipinski definition) is 2. The number of nitrogens with zero attached hydrogens (tertiary/aromatic N) is 1. The minimum atomic E-state index is 0.0151. The van der Waals surface area contributed by atoms with Crippen molar-refractivity contribution >= 4 is 33.2 Å². The van der Waals surface area contributed by atoms with Gasteiger partial charge in [-0.1, -0.05) is 0 Å². The molecule has 0 fully saturated rings. The molecule has 0 bridgehead atoms. The van der Waals surface area contributed by atoms with Crippen LogP contribution >= 0.6 is 15.9 Å². The van der Waals surface area contributed by atoms with Crippen molar-refractivity contribution in [3.8, 4) is 0 Å². The van der Waals surface area contributed by atoms with Crippen LogP contribution in [0.4, 0.5) is 11.5 Å². The van der Waals surface area contributed by atoms with Crippen molar-refractivity contribution in [3.05, 3.63) is 52.1 Å².